The van der Waals surface area contributed by atoms with E-state index in [1.165, 1.54) is 238 Å². The van der Waals surface area contributed by atoms with Gasteiger partial charge in [0.25, 0.3) is 0 Å². The van der Waals surface area contributed by atoms with E-state index in [4.69, 9.17) is 14.2 Å². The summed E-state index contributed by atoms with van der Waals surface area (Å²) in [5.41, 5.74) is 0. The second-order valence-electron chi connectivity index (χ2n) is 23.2. The van der Waals surface area contributed by atoms with Crippen LogP contribution in [0.3, 0.4) is 0 Å². The average molecular weight is 1090 g/mol. The molecular formula is C66H125NO10. The number of ether oxygens (including phenoxy) is 3. The Balaban J connectivity index is 1.93. The van der Waals surface area contributed by atoms with E-state index >= 15 is 0 Å². The van der Waals surface area contributed by atoms with Gasteiger partial charge >= 0.3 is 5.97 Å². The van der Waals surface area contributed by atoms with Crippen molar-refractivity contribution >= 4 is 11.9 Å². The number of rotatable bonds is 58. The molecule has 1 fully saturated rings. The van der Waals surface area contributed by atoms with Crippen molar-refractivity contribution in [2.75, 3.05) is 19.8 Å². The molecule has 0 saturated carbocycles. The first-order valence-electron chi connectivity index (χ1n) is 33.1. The van der Waals surface area contributed by atoms with E-state index in [-0.39, 0.29) is 18.5 Å². The van der Waals surface area contributed by atoms with Crippen LogP contribution in [0.4, 0.5) is 0 Å². The molecule has 1 amide bonds. The molecule has 0 spiro atoms. The van der Waals surface area contributed by atoms with E-state index in [1.54, 1.807) is 6.08 Å². The third-order valence-corrected chi connectivity index (χ3v) is 15.8. The topological polar surface area (TPSA) is 175 Å². The zero-order valence-corrected chi connectivity index (χ0v) is 50.2. The summed E-state index contributed by atoms with van der Waals surface area (Å²) in [5, 5.41) is 54.3. The van der Waals surface area contributed by atoms with E-state index in [1.807, 2.05) is 6.08 Å². The van der Waals surface area contributed by atoms with Gasteiger partial charge in [-0.05, 0) is 57.8 Å². The molecule has 0 radical (unpaired) electrons. The first-order valence-corrected chi connectivity index (χ1v) is 33.1. The molecule has 6 N–H and O–H groups in total. The Morgan fingerprint density at radius 3 is 1.27 bits per heavy atom. The van der Waals surface area contributed by atoms with Crippen molar-refractivity contribution in [3.05, 3.63) is 24.3 Å². The van der Waals surface area contributed by atoms with Crippen LogP contribution in [0.2, 0.25) is 0 Å². The second kappa shape index (κ2) is 56.0. The van der Waals surface area contributed by atoms with E-state index < -0.39 is 49.5 Å². The highest BCUT2D eigenvalue weighted by Crippen LogP contribution is 2.23. The molecule has 11 nitrogen and oxygen atoms in total. The molecule has 1 aliphatic heterocycles. The van der Waals surface area contributed by atoms with Crippen LogP contribution in [-0.2, 0) is 23.8 Å². The van der Waals surface area contributed by atoms with Gasteiger partial charge in [0.2, 0.25) is 5.91 Å². The summed E-state index contributed by atoms with van der Waals surface area (Å²) in [4.78, 5) is 25.0. The molecule has 11 heteroatoms. The van der Waals surface area contributed by atoms with Crippen LogP contribution < -0.4 is 5.32 Å². The van der Waals surface area contributed by atoms with Gasteiger partial charge in [-0.2, -0.15) is 0 Å². The minimum Gasteiger partial charge on any atom is -0.466 e. The Hall–Kier alpha value is -1.86. The fraction of sp³-hybridized carbons (Fsp3) is 0.909. The summed E-state index contributed by atoms with van der Waals surface area (Å²) in [6.45, 7) is 4.31. The Morgan fingerprint density at radius 1 is 0.468 bits per heavy atom. The minimum atomic E-state index is -1.57. The molecule has 0 aromatic carbocycles. The van der Waals surface area contributed by atoms with Crippen LogP contribution in [0, 0.1) is 0 Å². The third kappa shape index (κ3) is 45.4. The molecule has 1 aliphatic rings. The predicted molar refractivity (Wildman–Crippen MR) is 320 cm³/mol. The van der Waals surface area contributed by atoms with E-state index in [2.05, 4.69) is 31.3 Å². The lowest BCUT2D eigenvalue weighted by Gasteiger charge is -2.40. The number of unbranched alkanes of at least 4 members (excludes halogenated alkanes) is 42. The van der Waals surface area contributed by atoms with Crippen molar-refractivity contribution in [1.82, 2.24) is 5.32 Å². The van der Waals surface area contributed by atoms with Crippen molar-refractivity contribution in [1.29, 1.82) is 0 Å². The Labute approximate surface area is 473 Å². The summed E-state index contributed by atoms with van der Waals surface area (Å²) in [6.07, 6.45) is 58.9. The molecule has 7 unspecified atom stereocenters. The van der Waals surface area contributed by atoms with Gasteiger partial charge in [-0.25, -0.2) is 0 Å². The lowest BCUT2D eigenvalue weighted by Crippen LogP contribution is -2.60. The van der Waals surface area contributed by atoms with Crippen LogP contribution in [0.5, 0.6) is 0 Å². The fourth-order valence-corrected chi connectivity index (χ4v) is 10.5. The van der Waals surface area contributed by atoms with E-state index in [0.29, 0.717) is 19.4 Å². The quantitative estimate of drug-likeness (QED) is 0.0195. The van der Waals surface area contributed by atoms with Gasteiger partial charge in [-0.1, -0.05) is 276 Å². The molecule has 1 saturated heterocycles. The van der Waals surface area contributed by atoms with Crippen molar-refractivity contribution in [2.24, 2.45) is 0 Å². The molecular weight excluding hydrogens is 967 g/mol. The van der Waals surface area contributed by atoms with Crippen LogP contribution >= 0.6 is 0 Å². The molecule has 1 heterocycles. The SMILES string of the molecule is CCCCC/C=C\CCCCCCCC(=O)OCCCCCCCCCCCCCCCCCCCCCCCCCCCCCCC(=O)NC(COC1OC(CO)C(O)C(O)C1O)C(O)/C=C/CCCCCCCCC. The maximum atomic E-state index is 13.0. The summed E-state index contributed by atoms with van der Waals surface area (Å²) in [6, 6.07) is -0.805. The van der Waals surface area contributed by atoms with Crippen LogP contribution in [0.1, 0.15) is 322 Å². The smallest absolute Gasteiger partial charge is 0.305 e. The number of aliphatic hydroxyl groups is 5. The van der Waals surface area contributed by atoms with Crippen molar-refractivity contribution in [2.45, 2.75) is 365 Å². The van der Waals surface area contributed by atoms with Crippen molar-refractivity contribution in [3.8, 4) is 0 Å². The summed E-state index contributed by atoms with van der Waals surface area (Å²) < 4.78 is 16.7. The lowest BCUT2D eigenvalue weighted by molar-refractivity contribution is -0.302. The number of hydrogen-bond donors (Lipinski definition) is 6. The number of allylic oxidation sites excluding steroid dienone is 3. The van der Waals surface area contributed by atoms with Crippen LogP contribution in [0.25, 0.3) is 0 Å². The van der Waals surface area contributed by atoms with Gasteiger partial charge in [-0.3, -0.25) is 9.59 Å². The number of aliphatic hydroxyl groups excluding tert-OH is 5. The maximum Gasteiger partial charge on any atom is 0.305 e. The minimum absolute atomic E-state index is 0.000263. The van der Waals surface area contributed by atoms with Gasteiger partial charge in [0, 0.05) is 12.8 Å². The summed E-state index contributed by atoms with van der Waals surface area (Å²) in [5.74, 6) is -0.180. The number of carbonyl (C=O) groups is 2. The Kier molecular flexibility index (Phi) is 53.2. The molecule has 0 aromatic rings. The number of nitrogens with one attached hydrogen (secondary N) is 1. The standard InChI is InChI=1S/C66H125NO10/c1-3-5-7-9-11-13-14-34-38-42-46-50-54-62(71)75-55-51-47-43-39-35-32-30-28-26-24-22-20-18-16-15-17-19-21-23-25-27-29-31-33-37-41-45-49-53-61(70)67-58(59(69)52-48-44-40-36-12-10-8-6-4-2)57-76-66-65(74)64(73)63(72)60(56-68)77-66/h11,13,48,52,58-60,63-66,68-69,72-74H,3-10,12,14-47,49-51,53-57H2,1-2H3,(H,67,70)/b13-11-,52-48+. The number of hydrogen-bond acceptors (Lipinski definition) is 10. The molecule has 77 heavy (non-hydrogen) atoms. The highest BCUT2D eigenvalue weighted by Gasteiger charge is 2.44. The van der Waals surface area contributed by atoms with Gasteiger partial charge < -0.3 is 45.1 Å². The largest absolute Gasteiger partial charge is 0.466 e. The fourth-order valence-electron chi connectivity index (χ4n) is 10.5. The van der Waals surface area contributed by atoms with Gasteiger partial charge in [0.15, 0.2) is 6.29 Å². The highest BCUT2D eigenvalue weighted by molar-refractivity contribution is 5.76. The molecule has 0 aliphatic carbocycles. The Bertz CT molecular complexity index is 1330. The molecule has 7 atom stereocenters. The van der Waals surface area contributed by atoms with E-state index in [9.17, 15) is 35.1 Å². The number of esters is 1. The monoisotopic (exact) mass is 1090 g/mol. The van der Waals surface area contributed by atoms with Gasteiger partial charge in [0.1, 0.15) is 24.4 Å². The zero-order chi connectivity index (χ0) is 55.9. The number of carbonyl (C=O) groups excluding carboxylic acids is 2. The molecule has 0 aromatic heterocycles. The van der Waals surface area contributed by atoms with Crippen LogP contribution in [-0.4, -0.2) is 100 Å². The third-order valence-electron chi connectivity index (χ3n) is 15.8. The molecule has 1 rings (SSSR count). The predicted octanol–water partition coefficient (Wildman–Crippen LogP) is 16.1. The zero-order valence-electron chi connectivity index (χ0n) is 50.2. The van der Waals surface area contributed by atoms with Crippen molar-refractivity contribution < 1.29 is 49.3 Å². The summed E-state index contributed by atoms with van der Waals surface area (Å²) >= 11 is 0. The maximum absolute atomic E-state index is 13.0. The molecule has 454 valence electrons. The first-order chi connectivity index (χ1) is 37.7. The normalized spacial score (nSPS) is 18.7. The van der Waals surface area contributed by atoms with Gasteiger partial charge in [-0.15, -0.1) is 0 Å². The lowest BCUT2D eigenvalue weighted by atomic mass is 9.99. The van der Waals surface area contributed by atoms with Crippen LogP contribution in [0.15, 0.2) is 24.3 Å². The van der Waals surface area contributed by atoms with Gasteiger partial charge in [0.05, 0.1) is 32.0 Å². The van der Waals surface area contributed by atoms with E-state index in [0.717, 1.165) is 57.8 Å². The highest BCUT2D eigenvalue weighted by atomic mass is 16.7. The first kappa shape index (κ1) is 73.2. The average Bonchev–Trinajstić information content (AvgIpc) is 3.43. The second-order valence-corrected chi connectivity index (χ2v) is 23.2. The van der Waals surface area contributed by atoms with Crippen molar-refractivity contribution in [3.63, 3.8) is 0 Å². The summed E-state index contributed by atoms with van der Waals surface area (Å²) in [7, 11) is 0. The molecule has 0 bridgehead atoms. The Morgan fingerprint density at radius 2 is 0.831 bits per heavy atom. The number of amides is 1.